The highest BCUT2D eigenvalue weighted by Crippen LogP contribution is 2.37. The van der Waals surface area contributed by atoms with Gasteiger partial charge in [-0.15, -0.1) is 10.2 Å². The molecule has 1 aliphatic rings. The van der Waals surface area contributed by atoms with Crippen molar-refractivity contribution in [2.24, 2.45) is 0 Å². The number of fused-ring (bicyclic) bond motifs is 1. The van der Waals surface area contributed by atoms with E-state index in [0.717, 1.165) is 12.1 Å². The van der Waals surface area contributed by atoms with E-state index in [-0.39, 0.29) is 16.3 Å². The lowest BCUT2D eigenvalue weighted by atomic mass is 9.89. The molecule has 0 bridgehead atoms. The van der Waals surface area contributed by atoms with Gasteiger partial charge in [-0.25, -0.2) is 4.98 Å². The van der Waals surface area contributed by atoms with E-state index in [9.17, 15) is 9.90 Å². The highest BCUT2D eigenvalue weighted by Gasteiger charge is 2.29. The summed E-state index contributed by atoms with van der Waals surface area (Å²) in [6.07, 6.45) is 3.91. The molecule has 0 radical (unpaired) electrons. The van der Waals surface area contributed by atoms with Gasteiger partial charge in [0.1, 0.15) is 10.9 Å². The van der Waals surface area contributed by atoms with Crippen molar-refractivity contribution in [2.75, 3.05) is 12.4 Å². The molecule has 0 unspecified atom stereocenters. The number of aliphatic hydroxyl groups is 1. The summed E-state index contributed by atoms with van der Waals surface area (Å²) in [5.41, 5.74) is 4.74. The molecule has 0 fully saturated rings. The van der Waals surface area contributed by atoms with Crippen molar-refractivity contribution in [3.8, 4) is 16.9 Å². The van der Waals surface area contributed by atoms with Crippen molar-refractivity contribution in [3.05, 3.63) is 76.3 Å². The number of anilines is 1. The zero-order valence-corrected chi connectivity index (χ0v) is 21.8. The summed E-state index contributed by atoms with van der Waals surface area (Å²) < 4.78 is 6.12. The quantitative estimate of drug-likeness (QED) is 0.264. The first-order valence-corrected chi connectivity index (χ1v) is 13.2. The smallest absolute Gasteiger partial charge is 0.259 e. The highest BCUT2D eigenvalue weighted by molar-refractivity contribution is 8.01. The molecule has 0 saturated heterocycles. The number of carbonyl (C=O) groups is 1. The number of thioether (sulfide) groups is 1. The molecule has 1 amide bonds. The Bertz CT molecular complexity index is 1430. The molecule has 0 saturated carbocycles. The van der Waals surface area contributed by atoms with Crippen LogP contribution >= 0.6 is 34.7 Å². The van der Waals surface area contributed by atoms with Crippen LogP contribution in [0, 0.1) is 6.92 Å². The lowest BCUT2D eigenvalue weighted by molar-refractivity contribution is 0.102. The van der Waals surface area contributed by atoms with E-state index >= 15 is 0 Å². The highest BCUT2D eigenvalue weighted by atomic mass is 35.5. The minimum absolute atomic E-state index is 0.0341. The fraction of sp³-hybridized carbons (Fsp3) is 0.240. The van der Waals surface area contributed by atoms with Crippen LogP contribution in [0.1, 0.15) is 27.2 Å². The number of hydrogen-bond acceptors (Lipinski definition) is 9. The molecular formula is C25H22ClN5O3S2. The minimum Gasteiger partial charge on any atom is -0.494 e. The second-order valence-corrected chi connectivity index (χ2v) is 11.2. The molecule has 8 nitrogen and oxygen atoms in total. The zero-order chi connectivity index (χ0) is 25.2. The van der Waals surface area contributed by atoms with Gasteiger partial charge in [0.05, 0.1) is 25.0 Å². The molecule has 0 aliphatic heterocycles. The lowest BCUT2D eigenvalue weighted by Crippen LogP contribution is -2.32. The van der Waals surface area contributed by atoms with E-state index < -0.39 is 6.10 Å². The number of aryl methyl sites for hydroxylation is 1. The van der Waals surface area contributed by atoms with Crippen LogP contribution in [0.25, 0.3) is 11.1 Å². The Kier molecular flexibility index (Phi) is 7.20. The number of pyridine rings is 2. The van der Waals surface area contributed by atoms with E-state index in [1.54, 1.807) is 12.1 Å². The van der Waals surface area contributed by atoms with E-state index in [1.165, 1.54) is 53.7 Å². The number of hydrogen-bond donors (Lipinski definition) is 2. The van der Waals surface area contributed by atoms with E-state index in [2.05, 4.69) is 37.6 Å². The molecule has 3 aromatic heterocycles. The number of carbonyl (C=O) groups excluding carboxylic acids is 1. The summed E-state index contributed by atoms with van der Waals surface area (Å²) in [6, 6.07) is 11.6. The first-order chi connectivity index (χ1) is 17.4. The minimum atomic E-state index is -0.477. The van der Waals surface area contributed by atoms with Crippen molar-refractivity contribution < 1.29 is 14.6 Å². The van der Waals surface area contributed by atoms with Crippen LogP contribution in [0.3, 0.4) is 0 Å². The third kappa shape index (κ3) is 5.22. The van der Waals surface area contributed by atoms with Gasteiger partial charge in [0.25, 0.3) is 5.91 Å². The maximum absolute atomic E-state index is 13.2. The topological polar surface area (TPSA) is 110 Å². The van der Waals surface area contributed by atoms with Crippen LogP contribution in [0.4, 0.5) is 5.13 Å². The first kappa shape index (κ1) is 24.6. The van der Waals surface area contributed by atoms with Gasteiger partial charge < -0.3 is 9.84 Å². The van der Waals surface area contributed by atoms with Crippen LogP contribution in [0.5, 0.6) is 5.75 Å². The van der Waals surface area contributed by atoms with Crippen LogP contribution in [-0.2, 0) is 12.8 Å². The molecule has 36 heavy (non-hydrogen) atoms. The van der Waals surface area contributed by atoms with Gasteiger partial charge in [-0.05, 0) is 43.0 Å². The molecule has 0 spiro atoms. The monoisotopic (exact) mass is 539 g/mol. The van der Waals surface area contributed by atoms with Gasteiger partial charge in [-0.2, -0.15) is 0 Å². The predicted molar refractivity (Wildman–Crippen MR) is 141 cm³/mol. The number of amides is 1. The number of halogens is 1. The molecule has 3 heterocycles. The standard InChI is InChI=1S/C25H22ClN5O3S2/c1-13-7-16(17-10-22(26)28-12-20(17)34-2)18(11-27-13)23(33)29-24-30-31-25(36-24)35-21-9-15-6-4-3-5-14(15)8-19(21)32/h3-7,10-12,19,21,32H,8-9H2,1-2H3,(H,29,30,33)/t19-,21-/m1/s1. The van der Waals surface area contributed by atoms with E-state index in [1.807, 2.05) is 19.1 Å². The van der Waals surface area contributed by atoms with Gasteiger partial charge in [0.15, 0.2) is 4.34 Å². The van der Waals surface area contributed by atoms with Gasteiger partial charge in [-0.3, -0.25) is 15.1 Å². The van der Waals surface area contributed by atoms with Gasteiger partial charge in [-0.1, -0.05) is 59.0 Å². The van der Waals surface area contributed by atoms with Crippen molar-refractivity contribution in [1.82, 2.24) is 20.2 Å². The normalized spacial score (nSPS) is 16.9. The summed E-state index contributed by atoms with van der Waals surface area (Å²) in [4.78, 5) is 21.6. The molecule has 2 N–H and O–H groups in total. The number of rotatable bonds is 6. The Morgan fingerprint density at radius 2 is 1.92 bits per heavy atom. The number of nitrogens with one attached hydrogen (secondary N) is 1. The Hall–Kier alpha value is -3.05. The van der Waals surface area contributed by atoms with E-state index in [0.29, 0.717) is 38.3 Å². The molecular weight excluding hydrogens is 518 g/mol. The predicted octanol–water partition coefficient (Wildman–Crippen LogP) is 4.84. The second-order valence-electron chi connectivity index (χ2n) is 8.31. The molecule has 11 heteroatoms. The van der Waals surface area contributed by atoms with Gasteiger partial charge in [0, 0.05) is 28.3 Å². The van der Waals surface area contributed by atoms with Crippen molar-refractivity contribution in [2.45, 2.75) is 35.5 Å². The Morgan fingerprint density at radius 3 is 2.69 bits per heavy atom. The van der Waals surface area contributed by atoms with Crippen molar-refractivity contribution in [1.29, 1.82) is 0 Å². The summed E-state index contributed by atoms with van der Waals surface area (Å²) >= 11 is 8.88. The third-order valence-electron chi connectivity index (χ3n) is 5.91. The van der Waals surface area contributed by atoms with Crippen LogP contribution in [0.2, 0.25) is 5.15 Å². The Balaban J connectivity index is 1.34. The summed E-state index contributed by atoms with van der Waals surface area (Å²) in [6.45, 7) is 1.84. The first-order valence-electron chi connectivity index (χ1n) is 11.1. The number of ether oxygens (including phenoxy) is 1. The molecule has 2 atom stereocenters. The average Bonchev–Trinajstić information content (AvgIpc) is 3.31. The largest absolute Gasteiger partial charge is 0.494 e. The maximum atomic E-state index is 13.2. The fourth-order valence-corrected chi connectivity index (χ4v) is 6.43. The second kappa shape index (κ2) is 10.5. The maximum Gasteiger partial charge on any atom is 0.259 e. The molecule has 1 aromatic carbocycles. The van der Waals surface area contributed by atoms with Crippen molar-refractivity contribution >= 4 is 45.7 Å². The van der Waals surface area contributed by atoms with E-state index in [4.69, 9.17) is 16.3 Å². The average molecular weight is 540 g/mol. The molecule has 1 aliphatic carbocycles. The number of methoxy groups -OCH3 is 1. The summed E-state index contributed by atoms with van der Waals surface area (Å²) in [5.74, 6) is 0.105. The summed E-state index contributed by atoms with van der Waals surface area (Å²) in [7, 11) is 1.53. The number of nitrogens with zero attached hydrogens (tertiary/aromatic N) is 4. The molecule has 184 valence electrons. The van der Waals surface area contributed by atoms with Crippen molar-refractivity contribution in [3.63, 3.8) is 0 Å². The van der Waals surface area contributed by atoms with Crippen LogP contribution in [0.15, 0.2) is 53.1 Å². The third-order valence-corrected chi connectivity index (χ3v) is 8.35. The number of aromatic nitrogens is 4. The van der Waals surface area contributed by atoms with Gasteiger partial charge >= 0.3 is 0 Å². The van der Waals surface area contributed by atoms with Gasteiger partial charge in [0.2, 0.25) is 5.13 Å². The Morgan fingerprint density at radius 1 is 1.14 bits per heavy atom. The fourth-order valence-electron chi connectivity index (χ4n) is 4.14. The van der Waals surface area contributed by atoms with Crippen LogP contribution < -0.4 is 10.1 Å². The molecule has 5 rings (SSSR count). The Labute approximate surface area is 221 Å². The van der Waals surface area contributed by atoms with Crippen LogP contribution in [-0.4, -0.2) is 49.6 Å². The SMILES string of the molecule is COc1cnc(Cl)cc1-c1cc(C)ncc1C(=O)Nc1nnc(S[C@@H]2Cc3ccccc3C[C@H]2O)s1. The number of benzene rings is 1. The number of aliphatic hydroxyl groups excluding tert-OH is 1. The summed E-state index contributed by atoms with van der Waals surface area (Å²) in [5, 5.41) is 22.4. The zero-order valence-electron chi connectivity index (χ0n) is 19.4. The lowest BCUT2D eigenvalue weighted by Gasteiger charge is -2.28. The molecule has 4 aromatic rings.